The van der Waals surface area contributed by atoms with Gasteiger partial charge in [0, 0.05) is 21.9 Å². The Labute approximate surface area is 186 Å². The third kappa shape index (κ3) is 3.23. The molecule has 0 saturated carbocycles. The van der Waals surface area contributed by atoms with E-state index in [9.17, 15) is 0 Å². The van der Waals surface area contributed by atoms with Crippen molar-refractivity contribution in [3.8, 4) is 33.6 Å². The number of para-hydroxylation sites is 2. The highest BCUT2D eigenvalue weighted by Gasteiger charge is 2.16. The van der Waals surface area contributed by atoms with Crippen molar-refractivity contribution < 1.29 is 0 Å². The van der Waals surface area contributed by atoms with E-state index in [2.05, 4.69) is 91.0 Å². The van der Waals surface area contributed by atoms with Gasteiger partial charge in [-0.1, -0.05) is 97.1 Å². The molecular weight excluding hydrogens is 388 g/mol. The molecule has 2 heterocycles. The number of benzene rings is 4. The molecule has 2 heteroatoms. The molecule has 0 aliphatic carbocycles. The summed E-state index contributed by atoms with van der Waals surface area (Å²) in [5.74, 6) is 0. The molecule has 0 unspecified atom stereocenters. The molecule has 0 atom stereocenters. The molecule has 2 nitrogen and oxygen atoms in total. The minimum Gasteiger partial charge on any atom is -0.248 e. The Hall–Kier alpha value is -4.30. The first-order valence-corrected chi connectivity index (χ1v) is 10.8. The summed E-state index contributed by atoms with van der Waals surface area (Å²) in [7, 11) is 0. The lowest BCUT2D eigenvalue weighted by atomic mass is 9.91. The maximum absolute atomic E-state index is 5.05. The number of hydrogen-bond acceptors (Lipinski definition) is 2. The average molecular weight is 409 g/mol. The smallest absolute Gasteiger partial charge is 0.0722 e. The van der Waals surface area contributed by atoms with Crippen LogP contribution in [0.5, 0.6) is 0 Å². The molecule has 150 valence electrons. The third-order valence-corrected chi connectivity index (χ3v) is 5.88. The van der Waals surface area contributed by atoms with Gasteiger partial charge in [-0.15, -0.1) is 0 Å². The second-order valence-electron chi connectivity index (χ2n) is 7.87. The Morgan fingerprint density at radius 1 is 0.375 bits per heavy atom. The van der Waals surface area contributed by atoms with Crippen molar-refractivity contribution in [1.29, 1.82) is 0 Å². The van der Waals surface area contributed by atoms with Gasteiger partial charge in [-0.2, -0.15) is 0 Å². The summed E-state index contributed by atoms with van der Waals surface area (Å²) in [6.45, 7) is 0. The number of aromatic nitrogens is 2. The van der Waals surface area contributed by atoms with Gasteiger partial charge in [0.1, 0.15) is 0 Å². The monoisotopic (exact) mass is 408 g/mol. The van der Waals surface area contributed by atoms with Crippen molar-refractivity contribution in [2.24, 2.45) is 0 Å². The number of hydrogen-bond donors (Lipinski definition) is 0. The summed E-state index contributed by atoms with van der Waals surface area (Å²) in [6.07, 6.45) is 0. The standard InChI is InChI=1S/C30H20N2/c1-2-9-21(10-3-1)24-13-8-14-25(28-19-17-22-11-4-6-15-26(22)31-28)30(24)29-20-18-23-12-5-7-16-27(23)32-29/h1-20H. The Bertz CT molecular complexity index is 1570. The van der Waals surface area contributed by atoms with Gasteiger partial charge in [0.25, 0.3) is 0 Å². The van der Waals surface area contributed by atoms with Gasteiger partial charge in [0.15, 0.2) is 0 Å². The highest BCUT2D eigenvalue weighted by atomic mass is 14.7. The fraction of sp³-hybridized carbons (Fsp3) is 0. The van der Waals surface area contributed by atoms with Crippen molar-refractivity contribution in [3.05, 3.63) is 121 Å². The number of rotatable bonds is 3. The van der Waals surface area contributed by atoms with Crippen LogP contribution in [-0.4, -0.2) is 9.97 Å². The quantitative estimate of drug-likeness (QED) is 0.299. The predicted molar refractivity (Wildman–Crippen MR) is 133 cm³/mol. The average Bonchev–Trinajstić information content (AvgIpc) is 2.88. The van der Waals surface area contributed by atoms with Crippen LogP contribution in [0.4, 0.5) is 0 Å². The van der Waals surface area contributed by atoms with Crippen molar-refractivity contribution in [3.63, 3.8) is 0 Å². The molecule has 0 N–H and O–H groups in total. The van der Waals surface area contributed by atoms with Crippen LogP contribution in [0.1, 0.15) is 0 Å². The Morgan fingerprint density at radius 3 is 1.66 bits per heavy atom. The lowest BCUT2D eigenvalue weighted by Gasteiger charge is -2.16. The van der Waals surface area contributed by atoms with E-state index in [-0.39, 0.29) is 0 Å². The second-order valence-corrected chi connectivity index (χ2v) is 7.87. The van der Waals surface area contributed by atoms with Gasteiger partial charge in [0.2, 0.25) is 0 Å². The van der Waals surface area contributed by atoms with E-state index < -0.39 is 0 Å². The zero-order chi connectivity index (χ0) is 21.3. The van der Waals surface area contributed by atoms with E-state index in [1.807, 2.05) is 30.3 Å². The summed E-state index contributed by atoms with van der Waals surface area (Å²) in [5, 5.41) is 2.28. The highest BCUT2D eigenvalue weighted by molar-refractivity contribution is 5.95. The summed E-state index contributed by atoms with van der Waals surface area (Å²) in [6, 6.07) is 41.9. The highest BCUT2D eigenvalue weighted by Crippen LogP contribution is 2.39. The maximum atomic E-state index is 5.05. The van der Waals surface area contributed by atoms with Crippen LogP contribution < -0.4 is 0 Å². The molecule has 0 radical (unpaired) electrons. The molecule has 0 amide bonds. The predicted octanol–water partition coefficient (Wildman–Crippen LogP) is 7.78. The minimum atomic E-state index is 0.950. The second kappa shape index (κ2) is 7.75. The van der Waals surface area contributed by atoms with E-state index in [1.165, 1.54) is 5.56 Å². The summed E-state index contributed by atoms with van der Waals surface area (Å²) >= 11 is 0. The maximum Gasteiger partial charge on any atom is 0.0722 e. The van der Waals surface area contributed by atoms with E-state index in [0.29, 0.717) is 0 Å². The first kappa shape index (κ1) is 18.5. The van der Waals surface area contributed by atoms with Gasteiger partial charge >= 0.3 is 0 Å². The first-order valence-electron chi connectivity index (χ1n) is 10.8. The van der Waals surface area contributed by atoms with Crippen LogP contribution >= 0.6 is 0 Å². The van der Waals surface area contributed by atoms with Crippen molar-refractivity contribution in [2.45, 2.75) is 0 Å². The number of pyridine rings is 2. The summed E-state index contributed by atoms with van der Waals surface area (Å²) < 4.78 is 0. The van der Waals surface area contributed by atoms with Gasteiger partial charge in [0.05, 0.1) is 22.4 Å². The van der Waals surface area contributed by atoms with Crippen molar-refractivity contribution in [2.75, 3.05) is 0 Å². The molecule has 0 spiro atoms. The van der Waals surface area contributed by atoms with E-state index in [0.717, 1.165) is 49.9 Å². The number of fused-ring (bicyclic) bond motifs is 2. The molecule has 32 heavy (non-hydrogen) atoms. The molecule has 0 saturated heterocycles. The molecule has 4 aromatic carbocycles. The minimum absolute atomic E-state index is 0.950. The third-order valence-electron chi connectivity index (χ3n) is 5.88. The van der Waals surface area contributed by atoms with E-state index >= 15 is 0 Å². The molecule has 0 fully saturated rings. The normalized spacial score (nSPS) is 11.1. The van der Waals surface area contributed by atoms with Crippen LogP contribution in [0, 0.1) is 0 Å². The van der Waals surface area contributed by atoms with Gasteiger partial charge in [-0.05, 0) is 35.4 Å². The lowest BCUT2D eigenvalue weighted by Crippen LogP contribution is -1.95. The molecule has 0 aliphatic heterocycles. The Morgan fingerprint density at radius 2 is 0.938 bits per heavy atom. The fourth-order valence-corrected chi connectivity index (χ4v) is 4.32. The van der Waals surface area contributed by atoms with Crippen molar-refractivity contribution >= 4 is 21.8 Å². The largest absolute Gasteiger partial charge is 0.248 e. The Balaban J connectivity index is 1.65. The SMILES string of the molecule is c1ccc(-c2cccc(-c3ccc4ccccc4n3)c2-c2ccc3ccccc3n2)cc1. The molecule has 0 bridgehead atoms. The van der Waals surface area contributed by atoms with Crippen LogP contribution in [0.3, 0.4) is 0 Å². The van der Waals surface area contributed by atoms with Crippen LogP contribution in [-0.2, 0) is 0 Å². The molecule has 6 aromatic rings. The zero-order valence-corrected chi connectivity index (χ0v) is 17.4. The molecule has 0 aliphatic rings. The molecule has 6 rings (SSSR count). The number of nitrogens with zero attached hydrogens (tertiary/aromatic N) is 2. The molecule has 2 aromatic heterocycles. The van der Waals surface area contributed by atoms with Crippen LogP contribution in [0.2, 0.25) is 0 Å². The van der Waals surface area contributed by atoms with Gasteiger partial charge in [-0.25, -0.2) is 9.97 Å². The van der Waals surface area contributed by atoms with E-state index in [4.69, 9.17) is 9.97 Å². The van der Waals surface area contributed by atoms with Crippen LogP contribution in [0.25, 0.3) is 55.4 Å². The van der Waals surface area contributed by atoms with E-state index in [1.54, 1.807) is 0 Å². The first-order chi connectivity index (χ1) is 15.9. The topological polar surface area (TPSA) is 25.8 Å². The van der Waals surface area contributed by atoms with Gasteiger partial charge in [-0.3, -0.25) is 0 Å². The van der Waals surface area contributed by atoms with Gasteiger partial charge < -0.3 is 0 Å². The Kier molecular flexibility index (Phi) is 4.47. The zero-order valence-electron chi connectivity index (χ0n) is 17.4. The summed E-state index contributed by atoms with van der Waals surface area (Å²) in [4.78, 5) is 10.1. The fourth-order valence-electron chi connectivity index (χ4n) is 4.32. The van der Waals surface area contributed by atoms with Crippen LogP contribution in [0.15, 0.2) is 121 Å². The summed E-state index contributed by atoms with van der Waals surface area (Å²) in [5.41, 5.74) is 8.39. The molecular formula is C30H20N2. The lowest BCUT2D eigenvalue weighted by molar-refractivity contribution is 1.36. The van der Waals surface area contributed by atoms with Crippen molar-refractivity contribution in [1.82, 2.24) is 9.97 Å².